The molecule has 138 valence electrons. The molecule has 1 aromatic rings. The molecule has 0 fully saturated rings. The van der Waals surface area contributed by atoms with Gasteiger partial charge in [-0.25, -0.2) is 13.1 Å². The Hall–Kier alpha value is -1.66. The smallest absolute Gasteiger partial charge is 0.249 e. The summed E-state index contributed by atoms with van der Waals surface area (Å²) in [5.74, 6) is -0.548. The number of carbonyl (C=O) groups is 1. The first-order valence-electron chi connectivity index (χ1n) is 8.48. The van der Waals surface area contributed by atoms with Gasteiger partial charge < -0.3 is 5.73 Å². The summed E-state index contributed by atoms with van der Waals surface area (Å²) in [6.07, 6.45) is 4.76. The monoisotopic (exact) mass is 364 g/mol. The van der Waals surface area contributed by atoms with Crippen molar-refractivity contribution in [3.63, 3.8) is 0 Å². The van der Waals surface area contributed by atoms with Crippen LogP contribution < -0.4 is 10.5 Å². The fourth-order valence-electron chi connectivity index (χ4n) is 2.95. The summed E-state index contributed by atoms with van der Waals surface area (Å²) in [6.45, 7) is 9.76. The molecule has 0 saturated carbocycles. The van der Waals surface area contributed by atoms with E-state index in [2.05, 4.69) is 24.6 Å². The minimum absolute atomic E-state index is 0.146. The molecule has 0 aromatic heterocycles. The van der Waals surface area contributed by atoms with Crippen LogP contribution in [0.25, 0.3) is 5.57 Å². The zero-order chi connectivity index (χ0) is 19.0. The van der Waals surface area contributed by atoms with Crippen molar-refractivity contribution in [1.29, 1.82) is 0 Å². The van der Waals surface area contributed by atoms with Crippen LogP contribution in [0.2, 0.25) is 0 Å². The highest BCUT2D eigenvalue weighted by Crippen LogP contribution is 2.39. The quantitative estimate of drug-likeness (QED) is 0.857. The van der Waals surface area contributed by atoms with Crippen LogP contribution in [-0.2, 0) is 10.0 Å². The van der Waals surface area contributed by atoms with Gasteiger partial charge in [0.2, 0.25) is 15.9 Å². The third-order valence-electron chi connectivity index (χ3n) is 4.33. The van der Waals surface area contributed by atoms with E-state index < -0.39 is 21.5 Å². The number of rotatable bonds is 4. The second-order valence-electron chi connectivity index (χ2n) is 8.52. The molecule has 5 nitrogen and oxygen atoms in total. The van der Waals surface area contributed by atoms with Crippen molar-refractivity contribution in [2.24, 2.45) is 11.1 Å². The summed E-state index contributed by atoms with van der Waals surface area (Å²) in [4.78, 5) is 12.0. The number of nitrogens with two attached hydrogens (primary N) is 1. The molecule has 0 aliphatic heterocycles. The van der Waals surface area contributed by atoms with Gasteiger partial charge in [0.1, 0.15) is 0 Å². The van der Waals surface area contributed by atoms with Crippen molar-refractivity contribution in [3.8, 4) is 0 Å². The van der Waals surface area contributed by atoms with Crippen LogP contribution in [0.5, 0.6) is 0 Å². The lowest BCUT2D eigenvalue weighted by Crippen LogP contribution is -2.40. The van der Waals surface area contributed by atoms with Crippen LogP contribution in [0, 0.1) is 5.41 Å². The van der Waals surface area contributed by atoms with Gasteiger partial charge in [-0.1, -0.05) is 19.9 Å². The molecule has 3 N–H and O–H groups in total. The van der Waals surface area contributed by atoms with E-state index in [1.54, 1.807) is 26.8 Å². The predicted octanol–water partition coefficient (Wildman–Crippen LogP) is 3.46. The maximum Gasteiger partial charge on any atom is 0.249 e. The Balaban J connectivity index is 2.52. The summed E-state index contributed by atoms with van der Waals surface area (Å²) in [5, 5.41) is 0. The number of nitrogens with one attached hydrogen (secondary N) is 1. The van der Waals surface area contributed by atoms with Crippen molar-refractivity contribution in [2.75, 3.05) is 0 Å². The van der Waals surface area contributed by atoms with Gasteiger partial charge in [-0.15, -0.1) is 0 Å². The average molecular weight is 365 g/mol. The van der Waals surface area contributed by atoms with E-state index in [-0.39, 0.29) is 10.3 Å². The third-order valence-corrected chi connectivity index (χ3v) is 6.08. The summed E-state index contributed by atoms with van der Waals surface area (Å²) in [5.41, 5.74) is 7.11. The van der Waals surface area contributed by atoms with Crippen LogP contribution >= 0.6 is 0 Å². The molecule has 0 heterocycles. The maximum atomic E-state index is 12.6. The first-order valence-corrected chi connectivity index (χ1v) is 9.96. The lowest BCUT2D eigenvalue weighted by molar-refractivity contribution is 0.1000. The van der Waals surface area contributed by atoms with Crippen LogP contribution in [-0.4, -0.2) is 19.9 Å². The number of primary amides is 1. The molecule has 1 aliphatic rings. The summed E-state index contributed by atoms with van der Waals surface area (Å²) in [6, 6.07) is 4.51. The zero-order valence-corrected chi connectivity index (χ0v) is 16.5. The Kier molecular flexibility index (Phi) is 5.17. The lowest BCUT2D eigenvalue weighted by Gasteiger charge is -2.29. The van der Waals surface area contributed by atoms with Crippen LogP contribution in [0.1, 0.15) is 69.8 Å². The van der Waals surface area contributed by atoms with Crippen LogP contribution in [0.4, 0.5) is 0 Å². The molecule has 6 heteroatoms. The first kappa shape index (κ1) is 19.7. The van der Waals surface area contributed by atoms with Crippen molar-refractivity contribution >= 4 is 21.5 Å². The average Bonchev–Trinajstić information content (AvgIpc) is 2.44. The Labute approximate surface area is 150 Å². The normalized spacial score (nSPS) is 17.9. The van der Waals surface area contributed by atoms with Crippen molar-refractivity contribution in [1.82, 2.24) is 4.72 Å². The second-order valence-corrected chi connectivity index (χ2v) is 10.2. The Bertz CT molecular complexity index is 816. The van der Waals surface area contributed by atoms with E-state index in [1.165, 1.54) is 12.1 Å². The topological polar surface area (TPSA) is 89.3 Å². The van der Waals surface area contributed by atoms with Crippen LogP contribution in [0.3, 0.4) is 0 Å². The molecule has 0 atom stereocenters. The molecule has 1 amide bonds. The standard InChI is InChI=1S/C19H28N2O3S/c1-18(2,3)21-25(23,24)14-6-7-15(17(20)22)16(12-14)13-8-10-19(4,5)11-9-13/h6-8,12,21H,9-11H2,1-5H3,(H2,20,22). The summed E-state index contributed by atoms with van der Waals surface area (Å²) >= 11 is 0. The molecule has 2 rings (SSSR count). The predicted molar refractivity (Wildman–Crippen MR) is 101 cm³/mol. The highest BCUT2D eigenvalue weighted by atomic mass is 32.2. The van der Waals surface area contributed by atoms with Crippen LogP contribution in [0.15, 0.2) is 29.2 Å². The highest BCUT2D eigenvalue weighted by molar-refractivity contribution is 7.89. The minimum atomic E-state index is -3.67. The van der Waals surface area contributed by atoms with Crippen molar-refractivity contribution < 1.29 is 13.2 Å². The van der Waals surface area contributed by atoms with E-state index in [0.717, 1.165) is 24.8 Å². The second kappa shape index (κ2) is 6.57. The highest BCUT2D eigenvalue weighted by Gasteiger charge is 2.26. The van der Waals surface area contributed by atoms with E-state index in [9.17, 15) is 13.2 Å². The molecule has 1 aromatic carbocycles. The molecule has 0 unspecified atom stereocenters. The van der Waals surface area contributed by atoms with E-state index in [0.29, 0.717) is 11.1 Å². The number of carbonyl (C=O) groups excluding carboxylic acids is 1. The Morgan fingerprint density at radius 3 is 2.36 bits per heavy atom. The van der Waals surface area contributed by atoms with Gasteiger partial charge in [-0.05, 0) is 74.8 Å². The fourth-order valence-corrected chi connectivity index (χ4v) is 4.40. The minimum Gasteiger partial charge on any atom is -0.366 e. The number of allylic oxidation sites excluding steroid dienone is 2. The lowest BCUT2D eigenvalue weighted by atomic mass is 9.76. The number of hydrogen-bond acceptors (Lipinski definition) is 3. The molecule has 1 aliphatic carbocycles. The van der Waals surface area contributed by atoms with E-state index in [1.807, 2.05) is 0 Å². The molecule has 0 saturated heterocycles. The van der Waals surface area contributed by atoms with E-state index >= 15 is 0 Å². The summed E-state index contributed by atoms with van der Waals surface area (Å²) < 4.78 is 27.9. The van der Waals surface area contributed by atoms with Gasteiger partial charge in [0.25, 0.3) is 0 Å². The SMILES string of the molecule is CC1(C)CC=C(c2cc(S(=O)(=O)NC(C)(C)C)ccc2C(N)=O)CC1. The molecular weight excluding hydrogens is 336 g/mol. The number of benzene rings is 1. The van der Waals surface area contributed by atoms with Gasteiger partial charge in [-0.2, -0.15) is 0 Å². The van der Waals surface area contributed by atoms with Gasteiger partial charge in [0.15, 0.2) is 0 Å². The number of amides is 1. The first-order chi connectivity index (χ1) is 11.3. The van der Waals surface area contributed by atoms with Crippen molar-refractivity contribution in [2.45, 2.75) is 64.3 Å². The fraction of sp³-hybridized carbons (Fsp3) is 0.526. The summed E-state index contributed by atoms with van der Waals surface area (Å²) in [7, 11) is -3.67. The zero-order valence-electron chi connectivity index (χ0n) is 15.6. The van der Waals surface area contributed by atoms with Gasteiger partial charge in [0.05, 0.1) is 4.90 Å². The number of sulfonamides is 1. The molecular formula is C19H28N2O3S. The van der Waals surface area contributed by atoms with Gasteiger partial charge in [-0.3, -0.25) is 4.79 Å². The molecule has 25 heavy (non-hydrogen) atoms. The van der Waals surface area contributed by atoms with Crippen molar-refractivity contribution in [3.05, 3.63) is 35.4 Å². The third kappa shape index (κ3) is 4.92. The Morgan fingerprint density at radius 1 is 1.24 bits per heavy atom. The van der Waals surface area contributed by atoms with Gasteiger partial charge >= 0.3 is 0 Å². The molecule has 0 bridgehead atoms. The molecule has 0 spiro atoms. The van der Waals surface area contributed by atoms with E-state index in [4.69, 9.17) is 5.73 Å². The Morgan fingerprint density at radius 2 is 1.88 bits per heavy atom. The largest absolute Gasteiger partial charge is 0.366 e. The van der Waals surface area contributed by atoms with Gasteiger partial charge in [0, 0.05) is 11.1 Å². The maximum absolute atomic E-state index is 12.6. The molecule has 0 radical (unpaired) electrons. The number of hydrogen-bond donors (Lipinski definition) is 2.